The summed E-state index contributed by atoms with van der Waals surface area (Å²) in [4.78, 5) is 4.24. The molecule has 0 bridgehead atoms. The van der Waals surface area contributed by atoms with Crippen molar-refractivity contribution in [2.24, 2.45) is 0 Å². The van der Waals surface area contributed by atoms with Crippen LogP contribution in [0.5, 0.6) is 17.2 Å². The zero-order valence-corrected chi connectivity index (χ0v) is 18.1. The highest BCUT2D eigenvalue weighted by Crippen LogP contribution is 2.34. The predicted molar refractivity (Wildman–Crippen MR) is 119 cm³/mol. The van der Waals surface area contributed by atoms with Crippen molar-refractivity contribution in [3.8, 4) is 34.6 Å². The lowest BCUT2D eigenvalue weighted by Crippen LogP contribution is -1.96. The molecule has 0 spiro atoms. The van der Waals surface area contributed by atoms with Crippen molar-refractivity contribution < 1.29 is 13.9 Å². The van der Waals surface area contributed by atoms with Crippen molar-refractivity contribution >= 4 is 34.8 Å². The molecule has 1 heterocycles. The highest BCUT2D eigenvalue weighted by atomic mass is 35.5. The number of oxazole rings is 1. The van der Waals surface area contributed by atoms with Crippen LogP contribution in [0.3, 0.4) is 0 Å². The SMILES string of the molecule is N#Cc1cc(Cl)cc(Oc2cc(OCc3ncc(-c4ccc(Cl)cc4)o3)ccc2Cl)c1. The lowest BCUT2D eigenvalue weighted by atomic mass is 10.2. The summed E-state index contributed by atoms with van der Waals surface area (Å²) in [5, 5.41) is 10.5. The Balaban J connectivity index is 1.46. The number of benzene rings is 3. The maximum absolute atomic E-state index is 9.09. The average molecular weight is 472 g/mol. The Morgan fingerprint density at radius 3 is 2.48 bits per heavy atom. The molecule has 3 aromatic carbocycles. The smallest absolute Gasteiger partial charge is 0.232 e. The fourth-order valence-electron chi connectivity index (χ4n) is 2.73. The molecule has 154 valence electrons. The van der Waals surface area contributed by atoms with Gasteiger partial charge in [-0.25, -0.2) is 4.98 Å². The summed E-state index contributed by atoms with van der Waals surface area (Å²) in [6.07, 6.45) is 1.63. The molecule has 8 heteroatoms. The standard InChI is InChI=1S/C23H13Cl3N2O3/c24-16-3-1-15(2-4-16)22-12-28-23(31-22)13-29-18-5-6-20(26)21(10-18)30-19-8-14(11-27)7-17(25)9-19/h1-10,12H,13H2. The highest BCUT2D eigenvalue weighted by Gasteiger charge is 2.10. The van der Waals surface area contributed by atoms with Gasteiger partial charge < -0.3 is 13.9 Å². The van der Waals surface area contributed by atoms with Crippen LogP contribution in [0.25, 0.3) is 11.3 Å². The second kappa shape index (κ2) is 9.32. The summed E-state index contributed by atoms with van der Waals surface area (Å²) in [5.74, 6) is 2.29. The van der Waals surface area contributed by atoms with Gasteiger partial charge in [-0.15, -0.1) is 0 Å². The summed E-state index contributed by atoms with van der Waals surface area (Å²) < 4.78 is 17.3. The van der Waals surface area contributed by atoms with E-state index in [-0.39, 0.29) is 6.61 Å². The molecule has 4 aromatic rings. The molecule has 0 aliphatic heterocycles. The quantitative estimate of drug-likeness (QED) is 0.290. The topological polar surface area (TPSA) is 68.3 Å². The Labute approximate surface area is 193 Å². The van der Waals surface area contributed by atoms with Gasteiger partial charge in [0.2, 0.25) is 5.89 Å². The monoisotopic (exact) mass is 470 g/mol. The van der Waals surface area contributed by atoms with Crippen molar-refractivity contribution in [1.82, 2.24) is 4.98 Å². The number of aromatic nitrogens is 1. The highest BCUT2D eigenvalue weighted by molar-refractivity contribution is 6.32. The largest absolute Gasteiger partial charge is 0.484 e. The first-order valence-electron chi connectivity index (χ1n) is 9.02. The van der Waals surface area contributed by atoms with E-state index >= 15 is 0 Å². The lowest BCUT2D eigenvalue weighted by Gasteiger charge is -2.11. The Kier molecular flexibility index (Phi) is 6.34. The van der Waals surface area contributed by atoms with E-state index < -0.39 is 0 Å². The van der Waals surface area contributed by atoms with Crippen LogP contribution in [0.15, 0.2) is 71.3 Å². The molecule has 0 amide bonds. The Morgan fingerprint density at radius 2 is 1.71 bits per heavy atom. The van der Waals surface area contributed by atoms with Crippen molar-refractivity contribution in [2.45, 2.75) is 6.61 Å². The molecule has 0 aliphatic rings. The number of halogens is 3. The van der Waals surface area contributed by atoms with E-state index in [0.29, 0.717) is 49.5 Å². The van der Waals surface area contributed by atoms with Crippen molar-refractivity contribution in [3.05, 3.63) is 93.4 Å². The minimum absolute atomic E-state index is 0.115. The summed E-state index contributed by atoms with van der Waals surface area (Å²) in [6.45, 7) is 0.115. The van der Waals surface area contributed by atoms with E-state index in [1.54, 1.807) is 54.7 Å². The first kappa shape index (κ1) is 21.1. The second-order valence-electron chi connectivity index (χ2n) is 6.40. The molecule has 0 saturated heterocycles. The van der Waals surface area contributed by atoms with Gasteiger partial charge in [0, 0.05) is 21.7 Å². The first-order chi connectivity index (χ1) is 15.0. The third-order valence-electron chi connectivity index (χ3n) is 4.18. The Morgan fingerprint density at radius 1 is 0.903 bits per heavy atom. The van der Waals surface area contributed by atoms with Crippen LogP contribution in [0.1, 0.15) is 11.5 Å². The maximum Gasteiger partial charge on any atom is 0.232 e. The Bertz CT molecular complexity index is 1260. The van der Waals surface area contributed by atoms with Crippen molar-refractivity contribution in [2.75, 3.05) is 0 Å². The molecular formula is C23H13Cl3N2O3. The fraction of sp³-hybridized carbons (Fsp3) is 0.0435. The van der Waals surface area contributed by atoms with Crippen LogP contribution < -0.4 is 9.47 Å². The van der Waals surface area contributed by atoms with Crippen LogP contribution >= 0.6 is 34.8 Å². The predicted octanol–water partition coefficient (Wildman–Crippen LogP) is 7.54. The average Bonchev–Trinajstić information content (AvgIpc) is 3.23. The summed E-state index contributed by atoms with van der Waals surface area (Å²) in [7, 11) is 0. The first-order valence-corrected chi connectivity index (χ1v) is 10.1. The second-order valence-corrected chi connectivity index (χ2v) is 7.68. The minimum atomic E-state index is 0.115. The summed E-state index contributed by atoms with van der Waals surface area (Å²) in [5.41, 5.74) is 1.25. The maximum atomic E-state index is 9.09. The molecule has 1 aromatic heterocycles. The third-order valence-corrected chi connectivity index (χ3v) is 4.96. The van der Waals surface area contributed by atoms with Gasteiger partial charge in [0.1, 0.15) is 17.2 Å². The van der Waals surface area contributed by atoms with E-state index in [2.05, 4.69) is 4.98 Å². The van der Waals surface area contributed by atoms with Gasteiger partial charge in [0.25, 0.3) is 0 Å². The Hall–Kier alpha value is -3.17. The van der Waals surface area contributed by atoms with Crippen molar-refractivity contribution in [3.63, 3.8) is 0 Å². The van der Waals surface area contributed by atoms with Crippen LogP contribution in [0.2, 0.25) is 15.1 Å². The molecule has 0 N–H and O–H groups in total. The molecule has 0 fully saturated rings. The van der Waals surface area contributed by atoms with E-state index in [4.69, 9.17) is 54.0 Å². The number of rotatable bonds is 6. The third kappa shape index (κ3) is 5.31. The number of nitrogens with zero attached hydrogens (tertiary/aromatic N) is 2. The van der Waals surface area contributed by atoms with Crippen LogP contribution in [0, 0.1) is 11.3 Å². The zero-order valence-electron chi connectivity index (χ0n) is 15.8. The molecule has 0 atom stereocenters. The molecule has 5 nitrogen and oxygen atoms in total. The zero-order chi connectivity index (χ0) is 21.8. The number of ether oxygens (including phenoxy) is 2. The summed E-state index contributed by atoms with van der Waals surface area (Å²) >= 11 is 18.2. The fourth-order valence-corrected chi connectivity index (χ4v) is 3.24. The molecular weight excluding hydrogens is 459 g/mol. The number of hydrogen-bond acceptors (Lipinski definition) is 5. The normalized spacial score (nSPS) is 10.5. The van der Waals surface area contributed by atoms with Crippen LogP contribution in [-0.2, 0) is 6.61 Å². The number of nitriles is 1. The minimum Gasteiger partial charge on any atom is -0.484 e. The van der Waals surface area contributed by atoms with Gasteiger partial charge >= 0.3 is 0 Å². The van der Waals surface area contributed by atoms with Gasteiger partial charge in [-0.2, -0.15) is 5.26 Å². The molecule has 0 radical (unpaired) electrons. The van der Waals surface area contributed by atoms with E-state index in [1.165, 1.54) is 0 Å². The van der Waals surface area contributed by atoms with Gasteiger partial charge in [-0.05, 0) is 54.6 Å². The van der Waals surface area contributed by atoms with Crippen LogP contribution in [0.4, 0.5) is 0 Å². The molecule has 0 aliphatic carbocycles. The van der Waals surface area contributed by atoms with Gasteiger partial charge in [0.05, 0.1) is 22.9 Å². The van der Waals surface area contributed by atoms with E-state index in [1.807, 2.05) is 18.2 Å². The number of hydrogen-bond donors (Lipinski definition) is 0. The van der Waals surface area contributed by atoms with Gasteiger partial charge in [0.15, 0.2) is 12.4 Å². The van der Waals surface area contributed by atoms with Crippen molar-refractivity contribution in [1.29, 1.82) is 5.26 Å². The summed E-state index contributed by atoms with van der Waals surface area (Å²) in [6, 6.07) is 19.0. The van der Waals surface area contributed by atoms with E-state index in [0.717, 1.165) is 5.56 Å². The van der Waals surface area contributed by atoms with Gasteiger partial charge in [-0.1, -0.05) is 34.8 Å². The molecule has 31 heavy (non-hydrogen) atoms. The lowest BCUT2D eigenvalue weighted by molar-refractivity contribution is 0.263. The van der Waals surface area contributed by atoms with Gasteiger partial charge in [-0.3, -0.25) is 0 Å². The molecule has 0 saturated carbocycles. The van der Waals surface area contributed by atoms with E-state index in [9.17, 15) is 0 Å². The van der Waals surface area contributed by atoms with Crippen LogP contribution in [-0.4, -0.2) is 4.98 Å². The molecule has 4 rings (SSSR count). The molecule has 0 unspecified atom stereocenters.